The molecule has 3 heteroatoms. The molecule has 2 atom stereocenters. The van der Waals surface area contributed by atoms with Crippen molar-refractivity contribution in [2.45, 2.75) is 37.7 Å². The highest BCUT2D eigenvalue weighted by atomic mass is 19.2. The van der Waals surface area contributed by atoms with Gasteiger partial charge in [0.15, 0.2) is 11.6 Å². The summed E-state index contributed by atoms with van der Waals surface area (Å²) in [6.45, 7) is 0. The summed E-state index contributed by atoms with van der Waals surface area (Å²) in [7, 11) is 0. The first kappa shape index (κ1) is 14.2. The van der Waals surface area contributed by atoms with E-state index in [1.54, 1.807) is 0 Å². The Balaban J connectivity index is 1.80. The largest absolute Gasteiger partial charge is 0.392 e. The molecule has 0 heterocycles. The van der Waals surface area contributed by atoms with Gasteiger partial charge in [-0.25, -0.2) is 8.78 Å². The van der Waals surface area contributed by atoms with Gasteiger partial charge in [0.05, 0.1) is 6.10 Å². The van der Waals surface area contributed by atoms with Crippen LogP contribution >= 0.6 is 0 Å². The van der Waals surface area contributed by atoms with Crippen molar-refractivity contribution < 1.29 is 13.9 Å². The van der Waals surface area contributed by atoms with E-state index < -0.39 is 17.7 Å². The van der Waals surface area contributed by atoms with Gasteiger partial charge in [0, 0.05) is 5.92 Å². The van der Waals surface area contributed by atoms with Crippen LogP contribution in [0.25, 0.3) is 0 Å². The lowest BCUT2D eigenvalue weighted by atomic mass is 9.78. The molecule has 1 nitrogen and oxygen atoms in total. The maximum Gasteiger partial charge on any atom is 0.159 e. The Bertz CT molecular complexity index is 639. The molecule has 21 heavy (non-hydrogen) atoms. The van der Waals surface area contributed by atoms with Crippen LogP contribution in [0.3, 0.4) is 0 Å². The number of aryl methyl sites for hydroxylation is 1. The van der Waals surface area contributed by atoms with Crippen LogP contribution in [0, 0.1) is 11.6 Å². The molecule has 0 spiro atoms. The molecule has 0 saturated carbocycles. The van der Waals surface area contributed by atoms with Gasteiger partial charge in [-0.05, 0) is 54.5 Å². The van der Waals surface area contributed by atoms with Crippen LogP contribution in [0.2, 0.25) is 0 Å². The van der Waals surface area contributed by atoms with Crippen molar-refractivity contribution in [3.05, 3.63) is 70.8 Å². The molecule has 0 amide bonds. The van der Waals surface area contributed by atoms with Crippen molar-refractivity contribution in [3.8, 4) is 0 Å². The van der Waals surface area contributed by atoms with E-state index in [1.807, 2.05) is 12.1 Å². The lowest BCUT2D eigenvalue weighted by molar-refractivity contribution is 0.134. The second-order valence-electron chi connectivity index (χ2n) is 5.72. The van der Waals surface area contributed by atoms with Gasteiger partial charge in [0.2, 0.25) is 0 Å². The molecule has 2 unspecified atom stereocenters. The topological polar surface area (TPSA) is 20.2 Å². The average molecular weight is 288 g/mol. The van der Waals surface area contributed by atoms with E-state index in [1.165, 1.54) is 23.3 Å². The fourth-order valence-electron chi connectivity index (χ4n) is 3.24. The van der Waals surface area contributed by atoms with E-state index in [0.29, 0.717) is 12.0 Å². The molecule has 3 rings (SSSR count). The summed E-state index contributed by atoms with van der Waals surface area (Å²) in [5.41, 5.74) is 3.11. The van der Waals surface area contributed by atoms with Crippen molar-refractivity contribution in [2.24, 2.45) is 0 Å². The molecule has 0 radical (unpaired) electrons. The first-order chi connectivity index (χ1) is 10.1. The van der Waals surface area contributed by atoms with Crippen molar-refractivity contribution in [2.75, 3.05) is 0 Å². The first-order valence-electron chi connectivity index (χ1n) is 7.35. The number of hydrogen-bond acceptors (Lipinski definition) is 1. The fourth-order valence-corrected chi connectivity index (χ4v) is 3.24. The minimum atomic E-state index is -0.858. The smallest absolute Gasteiger partial charge is 0.159 e. The van der Waals surface area contributed by atoms with Crippen molar-refractivity contribution in [3.63, 3.8) is 0 Å². The normalized spacial score (nSPS) is 19.1. The molecule has 1 aliphatic rings. The van der Waals surface area contributed by atoms with Crippen LogP contribution < -0.4 is 0 Å². The number of aliphatic hydroxyl groups excluding tert-OH is 1. The van der Waals surface area contributed by atoms with Crippen LogP contribution in [0.15, 0.2) is 42.5 Å². The second kappa shape index (κ2) is 5.94. The Kier molecular flexibility index (Phi) is 4.02. The highest BCUT2D eigenvalue weighted by Crippen LogP contribution is 2.35. The third-order valence-corrected chi connectivity index (χ3v) is 4.31. The van der Waals surface area contributed by atoms with E-state index in [9.17, 15) is 13.9 Å². The number of aliphatic hydroxyl groups is 1. The molecule has 1 N–H and O–H groups in total. The van der Waals surface area contributed by atoms with Crippen LogP contribution in [-0.2, 0) is 12.8 Å². The van der Waals surface area contributed by atoms with Gasteiger partial charge in [-0.3, -0.25) is 0 Å². The molecule has 0 fully saturated rings. The minimum Gasteiger partial charge on any atom is -0.392 e. The highest BCUT2D eigenvalue weighted by Gasteiger charge is 2.26. The summed E-state index contributed by atoms with van der Waals surface area (Å²) in [4.78, 5) is 0. The predicted octanol–water partition coefficient (Wildman–Crippen LogP) is 3.99. The number of benzene rings is 2. The molecule has 0 saturated heterocycles. The van der Waals surface area contributed by atoms with E-state index in [2.05, 4.69) is 12.1 Å². The van der Waals surface area contributed by atoms with Crippen molar-refractivity contribution >= 4 is 0 Å². The molecule has 2 aromatic rings. The molecular weight excluding hydrogens is 270 g/mol. The standard InChI is InChI=1S/C18H18F2O/c19-16-9-8-12(10-17(16)20)11-18(21)15-7-3-5-13-4-1-2-6-14(13)15/h1-2,4,6,8-10,15,18,21H,3,5,7,11H2. The Morgan fingerprint density at radius 3 is 2.71 bits per heavy atom. The Morgan fingerprint density at radius 1 is 1.10 bits per heavy atom. The molecule has 0 bridgehead atoms. The Hall–Kier alpha value is -1.74. The van der Waals surface area contributed by atoms with Gasteiger partial charge < -0.3 is 5.11 Å². The van der Waals surface area contributed by atoms with Gasteiger partial charge >= 0.3 is 0 Å². The van der Waals surface area contributed by atoms with Gasteiger partial charge in [-0.15, -0.1) is 0 Å². The van der Waals surface area contributed by atoms with E-state index >= 15 is 0 Å². The molecule has 2 aromatic carbocycles. The quantitative estimate of drug-likeness (QED) is 0.905. The lowest BCUT2D eigenvalue weighted by Gasteiger charge is -2.29. The summed E-state index contributed by atoms with van der Waals surface area (Å²) >= 11 is 0. The minimum absolute atomic E-state index is 0.0723. The maximum absolute atomic E-state index is 13.3. The Labute approximate surface area is 123 Å². The molecular formula is C18H18F2O. The van der Waals surface area contributed by atoms with Gasteiger partial charge in [-0.1, -0.05) is 30.3 Å². The zero-order valence-corrected chi connectivity index (χ0v) is 11.7. The summed E-state index contributed by atoms with van der Waals surface area (Å²) in [6, 6.07) is 12.0. The zero-order chi connectivity index (χ0) is 14.8. The molecule has 1 aliphatic carbocycles. The number of halogens is 2. The third kappa shape index (κ3) is 2.98. The van der Waals surface area contributed by atoms with Crippen LogP contribution in [0.5, 0.6) is 0 Å². The lowest BCUT2D eigenvalue weighted by Crippen LogP contribution is -2.25. The predicted molar refractivity (Wildman–Crippen MR) is 78.2 cm³/mol. The van der Waals surface area contributed by atoms with Crippen LogP contribution in [-0.4, -0.2) is 11.2 Å². The van der Waals surface area contributed by atoms with E-state index in [0.717, 1.165) is 25.3 Å². The highest BCUT2D eigenvalue weighted by molar-refractivity contribution is 5.34. The van der Waals surface area contributed by atoms with Crippen molar-refractivity contribution in [1.29, 1.82) is 0 Å². The van der Waals surface area contributed by atoms with Crippen LogP contribution in [0.4, 0.5) is 8.78 Å². The van der Waals surface area contributed by atoms with Gasteiger partial charge in [0.25, 0.3) is 0 Å². The van der Waals surface area contributed by atoms with Gasteiger partial charge in [0.1, 0.15) is 0 Å². The summed E-state index contributed by atoms with van der Waals surface area (Å²) in [5, 5.41) is 10.5. The SMILES string of the molecule is OC(Cc1ccc(F)c(F)c1)C1CCCc2ccccc21. The van der Waals surface area contributed by atoms with E-state index in [4.69, 9.17) is 0 Å². The summed E-state index contributed by atoms with van der Waals surface area (Å²) in [6.07, 6.45) is 2.80. The molecule has 110 valence electrons. The Morgan fingerprint density at radius 2 is 1.90 bits per heavy atom. The van der Waals surface area contributed by atoms with Crippen molar-refractivity contribution in [1.82, 2.24) is 0 Å². The first-order valence-corrected chi connectivity index (χ1v) is 7.35. The third-order valence-electron chi connectivity index (χ3n) is 4.31. The maximum atomic E-state index is 13.3. The van der Waals surface area contributed by atoms with Crippen LogP contribution in [0.1, 0.15) is 35.4 Å². The van der Waals surface area contributed by atoms with E-state index in [-0.39, 0.29) is 5.92 Å². The number of rotatable bonds is 3. The molecule has 0 aromatic heterocycles. The zero-order valence-electron chi connectivity index (χ0n) is 11.7. The summed E-state index contributed by atoms with van der Waals surface area (Å²) < 4.78 is 26.2. The second-order valence-corrected chi connectivity index (χ2v) is 5.72. The average Bonchev–Trinajstić information content (AvgIpc) is 2.50. The fraction of sp³-hybridized carbons (Fsp3) is 0.333. The monoisotopic (exact) mass is 288 g/mol. The summed E-state index contributed by atoms with van der Waals surface area (Å²) in [5.74, 6) is -1.64. The number of fused-ring (bicyclic) bond motifs is 1. The van der Waals surface area contributed by atoms with Gasteiger partial charge in [-0.2, -0.15) is 0 Å². The number of hydrogen-bond donors (Lipinski definition) is 1. The molecule has 0 aliphatic heterocycles.